The third-order valence-corrected chi connectivity index (χ3v) is 4.09. The number of rotatable bonds is 5. The van der Waals surface area contributed by atoms with Crippen LogP contribution in [-0.4, -0.2) is 23.1 Å². The Hall–Kier alpha value is -2.30. The number of aryl methyl sites for hydroxylation is 1. The van der Waals surface area contributed by atoms with E-state index in [0.717, 1.165) is 24.8 Å². The SMILES string of the molecule is C=C(C)[C@@H]1CC=C(COC(=O)c2cc(C(N)=O)cn2C)CC1. The molecule has 118 valence electrons. The van der Waals surface area contributed by atoms with Gasteiger partial charge in [0.05, 0.1) is 5.56 Å². The number of ether oxygens (including phenoxy) is 1. The van der Waals surface area contributed by atoms with Crippen molar-refractivity contribution >= 4 is 11.9 Å². The Bertz CT molecular complexity index is 640. The maximum absolute atomic E-state index is 12.1. The van der Waals surface area contributed by atoms with Crippen LogP contribution in [0.3, 0.4) is 0 Å². The van der Waals surface area contributed by atoms with Gasteiger partial charge in [-0.1, -0.05) is 18.2 Å². The van der Waals surface area contributed by atoms with Crippen LogP contribution in [0.5, 0.6) is 0 Å². The van der Waals surface area contributed by atoms with Gasteiger partial charge in [-0.25, -0.2) is 4.79 Å². The highest BCUT2D eigenvalue weighted by Gasteiger charge is 2.18. The van der Waals surface area contributed by atoms with Crippen molar-refractivity contribution in [2.75, 3.05) is 6.61 Å². The first-order valence-corrected chi connectivity index (χ1v) is 7.35. The molecule has 22 heavy (non-hydrogen) atoms. The number of carbonyl (C=O) groups excluding carboxylic acids is 2. The van der Waals surface area contributed by atoms with Gasteiger partial charge in [0.25, 0.3) is 0 Å². The molecule has 0 unspecified atom stereocenters. The van der Waals surface area contributed by atoms with Crippen LogP contribution in [0, 0.1) is 5.92 Å². The van der Waals surface area contributed by atoms with Gasteiger partial charge in [-0.3, -0.25) is 4.79 Å². The maximum atomic E-state index is 12.1. The minimum Gasteiger partial charge on any atom is -0.456 e. The van der Waals surface area contributed by atoms with Crippen LogP contribution < -0.4 is 5.73 Å². The Morgan fingerprint density at radius 1 is 1.50 bits per heavy atom. The van der Waals surface area contributed by atoms with Crippen molar-refractivity contribution in [3.8, 4) is 0 Å². The lowest BCUT2D eigenvalue weighted by molar-refractivity contribution is 0.0524. The molecule has 0 radical (unpaired) electrons. The summed E-state index contributed by atoms with van der Waals surface area (Å²) < 4.78 is 6.88. The number of hydrogen-bond donors (Lipinski definition) is 1. The summed E-state index contributed by atoms with van der Waals surface area (Å²) in [7, 11) is 1.68. The van der Waals surface area contributed by atoms with Crippen LogP contribution in [0.15, 0.2) is 36.1 Å². The lowest BCUT2D eigenvalue weighted by atomic mass is 9.86. The van der Waals surface area contributed by atoms with Crippen molar-refractivity contribution in [3.63, 3.8) is 0 Å². The number of amides is 1. The van der Waals surface area contributed by atoms with Gasteiger partial charge < -0.3 is 15.0 Å². The first-order valence-electron chi connectivity index (χ1n) is 7.35. The molecule has 2 rings (SSSR count). The molecule has 0 saturated carbocycles. The zero-order chi connectivity index (χ0) is 16.3. The van der Waals surface area contributed by atoms with E-state index in [9.17, 15) is 9.59 Å². The van der Waals surface area contributed by atoms with Crippen LogP contribution >= 0.6 is 0 Å². The van der Waals surface area contributed by atoms with Crippen LogP contribution in [0.2, 0.25) is 0 Å². The molecule has 0 aliphatic heterocycles. The molecule has 1 amide bonds. The second-order valence-electron chi connectivity index (χ2n) is 5.85. The van der Waals surface area contributed by atoms with Crippen molar-refractivity contribution in [2.45, 2.75) is 26.2 Å². The average molecular weight is 302 g/mol. The van der Waals surface area contributed by atoms with Crippen LogP contribution in [0.1, 0.15) is 47.0 Å². The molecule has 1 heterocycles. The Morgan fingerprint density at radius 3 is 2.73 bits per heavy atom. The summed E-state index contributed by atoms with van der Waals surface area (Å²) in [6.45, 7) is 6.33. The third-order valence-electron chi connectivity index (χ3n) is 4.09. The molecule has 1 aliphatic carbocycles. The third kappa shape index (κ3) is 3.67. The van der Waals surface area contributed by atoms with E-state index < -0.39 is 11.9 Å². The van der Waals surface area contributed by atoms with Gasteiger partial charge in [0.15, 0.2) is 0 Å². The van der Waals surface area contributed by atoms with Crippen molar-refractivity contribution in [1.82, 2.24) is 4.57 Å². The van der Waals surface area contributed by atoms with Gasteiger partial charge in [0.1, 0.15) is 12.3 Å². The minimum atomic E-state index is -0.560. The fourth-order valence-corrected chi connectivity index (χ4v) is 2.60. The first-order chi connectivity index (χ1) is 10.4. The van der Waals surface area contributed by atoms with E-state index in [1.54, 1.807) is 11.6 Å². The van der Waals surface area contributed by atoms with E-state index in [2.05, 4.69) is 19.6 Å². The lowest BCUT2D eigenvalue weighted by Gasteiger charge is -2.22. The fourth-order valence-electron chi connectivity index (χ4n) is 2.60. The highest BCUT2D eigenvalue weighted by atomic mass is 16.5. The molecule has 2 N–H and O–H groups in total. The summed E-state index contributed by atoms with van der Waals surface area (Å²) in [6, 6.07) is 1.46. The Kier molecular flexibility index (Phi) is 4.85. The highest BCUT2D eigenvalue weighted by Crippen LogP contribution is 2.28. The van der Waals surface area contributed by atoms with Crippen LogP contribution in [0.4, 0.5) is 0 Å². The topological polar surface area (TPSA) is 74.3 Å². The van der Waals surface area contributed by atoms with Gasteiger partial charge in [0, 0.05) is 13.2 Å². The fraction of sp³-hybridized carbons (Fsp3) is 0.412. The number of esters is 1. The van der Waals surface area contributed by atoms with Crippen molar-refractivity contribution in [2.24, 2.45) is 18.7 Å². The van der Waals surface area contributed by atoms with Crippen molar-refractivity contribution in [3.05, 3.63) is 47.3 Å². The maximum Gasteiger partial charge on any atom is 0.355 e. The number of allylic oxidation sites excluding steroid dienone is 2. The Morgan fingerprint density at radius 2 is 2.23 bits per heavy atom. The van der Waals surface area contributed by atoms with Gasteiger partial charge in [-0.05, 0) is 43.7 Å². The van der Waals surface area contributed by atoms with E-state index in [1.165, 1.54) is 17.8 Å². The van der Waals surface area contributed by atoms with Crippen molar-refractivity contribution in [1.29, 1.82) is 0 Å². The summed E-state index contributed by atoms with van der Waals surface area (Å²) in [5.41, 5.74) is 8.17. The molecule has 1 aliphatic rings. The van der Waals surface area contributed by atoms with Crippen LogP contribution in [-0.2, 0) is 11.8 Å². The Labute approximate surface area is 130 Å². The highest BCUT2D eigenvalue weighted by molar-refractivity contribution is 5.96. The normalized spacial score (nSPS) is 17.7. The molecule has 1 aromatic rings. The zero-order valence-electron chi connectivity index (χ0n) is 13.1. The predicted octanol–water partition coefficient (Wildman–Crippen LogP) is 2.58. The molecule has 0 fully saturated rings. The molecule has 5 nitrogen and oxygen atoms in total. The Balaban J connectivity index is 1.94. The summed E-state index contributed by atoms with van der Waals surface area (Å²) >= 11 is 0. The number of nitrogens with two attached hydrogens (primary N) is 1. The smallest absolute Gasteiger partial charge is 0.355 e. The molecule has 1 aromatic heterocycles. The molecule has 5 heteroatoms. The zero-order valence-corrected chi connectivity index (χ0v) is 13.1. The largest absolute Gasteiger partial charge is 0.456 e. The van der Waals surface area contributed by atoms with Gasteiger partial charge in [-0.2, -0.15) is 0 Å². The number of aromatic nitrogens is 1. The summed E-state index contributed by atoms with van der Waals surface area (Å²) in [6.07, 6.45) is 6.59. The summed E-state index contributed by atoms with van der Waals surface area (Å²) in [4.78, 5) is 23.2. The number of nitrogens with zero attached hydrogens (tertiary/aromatic N) is 1. The lowest BCUT2D eigenvalue weighted by Crippen LogP contribution is -2.14. The number of hydrogen-bond acceptors (Lipinski definition) is 3. The quantitative estimate of drug-likeness (QED) is 0.671. The van der Waals surface area contributed by atoms with Gasteiger partial charge in [0.2, 0.25) is 5.91 Å². The minimum absolute atomic E-state index is 0.291. The molecular weight excluding hydrogens is 280 g/mol. The predicted molar refractivity (Wildman–Crippen MR) is 84.5 cm³/mol. The molecular formula is C17H22N2O3. The second kappa shape index (κ2) is 6.64. The van der Waals surface area contributed by atoms with Crippen molar-refractivity contribution < 1.29 is 14.3 Å². The van der Waals surface area contributed by atoms with E-state index in [1.807, 2.05) is 0 Å². The summed E-state index contributed by atoms with van der Waals surface area (Å²) in [5.74, 6) is -0.473. The van der Waals surface area contributed by atoms with Crippen LogP contribution in [0.25, 0.3) is 0 Å². The molecule has 0 aromatic carbocycles. The molecule has 0 bridgehead atoms. The van der Waals surface area contributed by atoms with E-state index >= 15 is 0 Å². The first kappa shape index (κ1) is 16.1. The molecule has 0 saturated heterocycles. The van der Waals surface area contributed by atoms with Gasteiger partial charge in [-0.15, -0.1) is 0 Å². The monoisotopic (exact) mass is 302 g/mol. The second-order valence-corrected chi connectivity index (χ2v) is 5.85. The van der Waals surface area contributed by atoms with E-state index in [-0.39, 0.29) is 0 Å². The van der Waals surface area contributed by atoms with E-state index in [0.29, 0.717) is 23.8 Å². The number of primary amides is 1. The molecule has 0 spiro atoms. The molecule has 1 atom stereocenters. The standard InChI is InChI=1S/C17H22N2O3/c1-11(2)13-6-4-12(5-7-13)10-22-17(21)15-8-14(16(18)20)9-19(15)3/h4,8-9,13H,1,5-7,10H2,2-3H3,(H2,18,20)/t13-/m1/s1. The average Bonchev–Trinajstić information content (AvgIpc) is 2.87. The summed E-state index contributed by atoms with van der Waals surface area (Å²) in [5, 5.41) is 0. The van der Waals surface area contributed by atoms with E-state index in [4.69, 9.17) is 10.5 Å². The number of carbonyl (C=O) groups is 2. The van der Waals surface area contributed by atoms with Gasteiger partial charge >= 0.3 is 5.97 Å².